The maximum atomic E-state index is 13.4. The fourth-order valence-electron chi connectivity index (χ4n) is 3.50. The number of methoxy groups -OCH3 is 1. The molecule has 0 unspecified atom stereocenters. The minimum atomic E-state index is -0.410. The molecule has 0 saturated carbocycles. The van der Waals surface area contributed by atoms with Gasteiger partial charge in [-0.05, 0) is 61.9 Å². The van der Waals surface area contributed by atoms with Crippen molar-refractivity contribution in [3.63, 3.8) is 0 Å². The van der Waals surface area contributed by atoms with Crippen molar-refractivity contribution in [1.82, 2.24) is 0 Å². The van der Waals surface area contributed by atoms with E-state index in [4.69, 9.17) is 9.47 Å². The van der Waals surface area contributed by atoms with Gasteiger partial charge in [0, 0.05) is 5.56 Å². The van der Waals surface area contributed by atoms with Gasteiger partial charge in [0.15, 0.2) is 0 Å². The largest absolute Gasteiger partial charge is 0.494 e. The molecule has 0 aromatic heterocycles. The number of anilines is 1. The summed E-state index contributed by atoms with van der Waals surface area (Å²) >= 11 is 0. The predicted molar refractivity (Wildman–Crippen MR) is 129 cm³/mol. The number of nitrogens with zero attached hydrogens (tertiary/aromatic N) is 2. The number of carbonyl (C=O) groups excluding carboxylic acids is 2. The molecular formula is C27H24N2O4. The summed E-state index contributed by atoms with van der Waals surface area (Å²) in [5.41, 5.74) is 4.17. The van der Waals surface area contributed by atoms with Crippen molar-refractivity contribution in [2.24, 2.45) is 4.99 Å². The van der Waals surface area contributed by atoms with Crippen LogP contribution in [0.1, 0.15) is 34.0 Å². The number of aryl methyl sites for hydroxylation is 1. The number of esters is 1. The normalized spacial score (nSPS) is 14.4. The fraction of sp³-hybridized carbons (Fsp3) is 0.148. The number of amidine groups is 1. The minimum absolute atomic E-state index is 0.230. The van der Waals surface area contributed by atoms with Crippen LogP contribution < -0.4 is 9.64 Å². The van der Waals surface area contributed by atoms with Gasteiger partial charge < -0.3 is 9.47 Å². The molecule has 1 aliphatic rings. The van der Waals surface area contributed by atoms with Gasteiger partial charge in [-0.1, -0.05) is 42.0 Å². The highest BCUT2D eigenvalue weighted by Gasteiger charge is 2.32. The number of benzene rings is 3. The maximum Gasteiger partial charge on any atom is 0.337 e. The molecule has 3 aromatic carbocycles. The summed E-state index contributed by atoms with van der Waals surface area (Å²) in [5.74, 6) is 0.657. The molecule has 33 heavy (non-hydrogen) atoms. The Morgan fingerprint density at radius 1 is 0.970 bits per heavy atom. The first-order chi connectivity index (χ1) is 16.0. The lowest BCUT2D eigenvalue weighted by atomic mass is 10.1. The van der Waals surface area contributed by atoms with Crippen LogP contribution in [0.2, 0.25) is 0 Å². The van der Waals surface area contributed by atoms with Gasteiger partial charge >= 0.3 is 5.97 Å². The lowest BCUT2D eigenvalue weighted by Gasteiger charge is -2.19. The van der Waals surface area contributed by atoms with E-state index >= 15 is 0 Å². The zero-order valence-corrected chi connectivity index (χ0v) is 18.7. The summed E-state index contributed by atoms with van der Waals surface area (Å²) in [7, 11) is 1.34. The summed E-state index contributed by atoms with van der Waals surface area (Å²) in [4.78, 5) is 31.4. The minimum Gasteiger partial charge on any atom is -0.494 e. The summed E-state index contributed by atoms with van der Waals surface area (Å²) in [6, 6.07) is 22.1. The number of hydrogen-bond donors (Lipinski definition) is 0. The molecule has 1 aliphatic heterocycles. The number of ether oxygens (including phenoxy) is 2. The SMILES string of the molecule is CCOc1ccc(N2C(=O)/C(=C\c3ccc(C(=O)OC)cc3)N=C2c2ccc(C)cc2)cc1. The highest BCUT2D eigenvalue weighted by atomic mass is 16.5. The third-order valence-electron chi connectivity index (χ3n) is 5.21. The molecule has 1 heterocycles. The topological polar surface area (TPSA) is 68.2 Å². The number of hydrogen-bond acceptors (Lipinski definition) is 5. The van der Waals surface area contributed by atoms with Crippen molar-refractivity contribution in [3.05, 3.63) is 101 Å². The van der Waals surface area contributed by atoms with Crippen LogP contribution >= 0.6 is 0 Å². The molecule has 1 amide bonds. The third kappa shape index (κ3) is 4.70. The van der Waals surface area contributed by atoms with Gasteiger partial charge in [0.1, 0.15) is 17.3 Å². The Hall–Kier alpha value is -4.19. The van der Waals surface area contributed by atoms with Gasteiger partial charge in [0.25, 0.3) is 5.91 Å². The van der Waals surface area contributed by atoms with Crippen LogP contribution in [0.4, 0.5) is 5.69 Å². The molecular weight excluding hydrogens is 416 g/mol. The van der Waals surface area contributed by atoms with E-state index in [0.29, 0.717) is 29.4 Å². The maximum absolute atomic E-state index is 13.4. The second kappa shape index (κ2) is 9.53. The van der Waals surface area contributed by atoms with Crippen molar-refractivity contribution in [2.45, 2.75) is 13.8 Å². The average Bonchev–Trinajstić information content (AvgIpc) is 3.16. The molecule has 0 spiro atoms. The van der Waals surface area contributed by atoms with Gasteiger partial charge in [-0.15, -0.1) is 0 Å². The monoisotopic (exact) mass is 440 g/mol. The Morgan fingerprint density at radius 3 is 2.24 bits per heavy atom. The number of amides is 1. The smallest absolute Gasteiger partial charge is 0.337 e. The molecule has 0 atom stereocenters. The van der Waals surface area contributed by atoms with E-state index in [0.717, 1.165) is 22.4 Å². The molecule has 0 radical (unpaired) electrons. The lowest BCUT2D eigenvalue weighted by Crippen LogP contribution is -2.32. The van der Waals surface area contributed by atoms with Crippen LogP contribution in [-0.4, -0.2) is 31.4 Å². The van der Waals surface area contributed by atoms with Crippen molar-refractivity contribution < 1.29 is 19.1 Å². The van der Waals surface area contributed by atoms with Crippen LogP contribution in [0, 0.1) is 6.92 Å². The Bertz CT molecular complexity index is 1220. The van der Waals surface area contributed by atoms with Crippen LogP contribution in [-0.2, 0) is 9.53 Å². The van der Waals surface area contributed by atoms with E-state index in [2.05, 4.69) is 4.99 Å². The van der Waals surface area contributed by atoms with Gasteiger partial charge in [-0.3, -0.25) is 9.69 Å². The molecule has 0 fully saturated rings. The van der Waals surface area contributed by atoms with Crippen molar-refractivity contribution in [1.29, 1.82) is 0 Å². The van der Waals surface area contributed by atoms with E-state index in [1.165, 1.54) is 7.11 Å². The summed E-state index contributed by atoms with van der Waals surface area (Å²) in [6.07, 6.45) is 1.71. The molecule has 0 N–H and O–H groups in total. The predicted octanol–water partition coefficient (Wildman–Crippen LogP) is 5.01. The molecule has 6 nitrogen and oxygen atoms in total. The number of carbonyl (C=O) groups is 2. The first kappa shape index (κ1) is 22.0. The Kier molecular flexibility index (Phi) is 6.36. The van der Waals surface area contributed by atoms with Gasteiger partial charge in [-0.25, -0.2) is 9.79 Å². The Labute approximate surface area is 192 Å². The van der Waals surface area contributed by atoms with Gasteiger partial charge in [0.2, 0.25) is 0 Å². The van der Waals surface area contributed by atoms with Gasteiger partial charge in [-0.2, -0.15) is 0 Å². The molecule has 0 bridgehead atoms. The number of aliphatic imine (C=N–C) groups is 1. The first-order valence-electron chi connectivity index (χ1n) is 10.6. The summed E-state index contributed by atoms with van der Waals surface area (Å²) < 4.78 is 10.3. The van der Waals surface area contributed by atoms with Crippen LogP contribution in [0.3, 0.4) is 0 Å². The quantitative estimate of drug-likeness (QED) is 0.399. The zero-order chi connectivity index (χ0) is 23.4. The molecule has 3 aromatic rings. The van der Waals surface area contributed by atoms with Crippen molar-refractivity contribution in [2.75, 3.05) is 18.6 Å². The lowest BCUT2D eigenvalue weighted by molar-refractivity contribution is -0.113. The second-order valence-corrected chi connectivity index (χ2v) is 7.51. The molecule has 4 rings (SSSR count). The zero-order valence-electron chi connectivity index (χ0n) is 18.7. The standard InChI is InChI=1S/C27H24N2O4/c1-4-33-23-15-13-22(14-16-23)29-25(20-9-5-18(2)6-10-20)28-24(26(29)30)17-19-7-11-21(12-8-19)27(31)32-3/h5-17H,4H2,1-3H3/b24-17+. The van der Waals surface area contributed by atoms with Gasteiger partial charge in [0.05, 0.1) is 25.0 Å². The van der Waals surface area contributed by atoms with E-state index in [9.17, 15) is 9.59 Å². The second-order valence-electron chi connectivity index (χ2n) is 7.51. The van der Waals surface area contributed by atoms with E-state index < -0.39 is 5.97 Å². The Morgan fingerprint density at radius 2 is 1.64 bits per heavy atom. The average molecular weight is 440 g/mol. The van der Waals surface area contributed by atoms with Crippen molar-refractivity contribution >= 4 is 29.5 Å². The fourth-order valence-corrected chi connectivity index (χ4v) is 3.50. The molecule has 0 aliphatic carbocycles. The van der Waals surface area contributed by atoms with E-state index in [1.54, 1.807) is 35.2 Å². The Balaban J connectivity index is 1.73. The number of rotatable bonds is 6. The highest BCUT2D eigenvalue weighted by molar-refractivity contribution is 6.33. The third-order valence-corrected chi connectivity index (χ3v) is 5.21. The molecule has 166 valence electrons. The molecule has 0 saturated heterocycles. The van der Waals surface area contributed by atoms with Crippen LogP contribution in [0.25, 0.3) is 6.08 Å². The highest BCUT2D eigenvalue weighted by Crippen LogP contribution is 2.29. The van der Waals surface area contributed by atoms with Crippen LogP contribution in [0.15, 0.2) is 83.5 Å². The summed E-state index contributed by atoms with van der Waals surface area (Å²) in [5, 5.41) is 0. The van der Waals surface area contributed by atoms with Crippen LogP contribution in [0.5, 0.6) is 5.75 Å². The first-order valence-corrected chi connectivity index (χ1v) is 10.6. The van der Waals surface area contributed by atoms with Crippen molar-refractivity contribution in [3.8, 4) is 5.75 Å². The van der Waals surface area contributed by atoms with E-state index in [-0.39, 0.29) is 5.91 Å². The summed E-state index contributed by atoms with van der Waals surface area (Å²) in [6.45, 7) is 4.51. The van der Waals surface area contributed by atoms with E-state index in [1.807, 2.05) is 62.4 Å². The molecule has 6 heteroatoms.